The van der Waals surface area contributed by atoms with Gasteiger partial charge in [-0.2, -0.15) is 0 Å². The van der Waals surface area contributed by atoms with Crippen molar-refractivity contribution in [3.8, 4) is 0 Å². The number of nitrogens with zero attached hydrogens (tertiary/aromatic N) is 1. The van der Waals surface area contributed by atoms with Crippen LogP contribution in [0.4, 0.5) is 16.2 Å². The number of aryl methyl sites for hydroxylation is 1. The standard InChI is InChI=1S/C15H14ClN3O2/c1-9-7-13(14(16)17-8-9)19-15(21)18-12-5-3-11(4-6-12)10(2)20/h3-8H,1-2H3,(H2,18,19,21). The highest BCUT2D eigenvalue weighted by Gasteiger charge is 2.07. The van der Waals surface area contributed by atoms with Gasteiger partial charge in [0.1, 0.15) is 0 Å². The van der Waals surface area contributed by atoms with E-state index in [2.05, 4.69) is 15.6 Å². The number of carbonyl (C=O) groups excluding carboxylic acids is 2. The summed E-state index contributed by atoms with van der Waals surface area (Å²) in [6.07, 6.45) is 1.62. The second kappa shape index (κ2) is 6.37. The van der Waals surface area contributed by atoms with Crippen molar-refractivity contribution in [1.29, 1.82) is 0 Å². The molecule has 0 unspecified atom stereocenters. The molecule has 1 aromatic carbocycles. The number of aromatic nitrogens is 1. The number of carbonyl (C=O) groups is 2. The number of halogens is 1. The molecule has 0 aliphatic carbocycles. The Morgan fingerprint density at radius 1 is 1.14 bits per heavy atom. The van der Waals surface area contributed by atoms with Gasteiger partial charge in [0.05, 0.1) is 5.69 Å². The van der Waals surface area contributed by atoms with Gasteiger partial charge in [0.2, 0.25) is 0 Å². The fourth-order valence-electron chi connectivity index (χ4n) is 1.71. The molecule has 0 saturated carbocycles. The van der Waals surface area contributed by atoms with Gasteiger partial charge in [0, 0.05) is 17.4 Å². The minimum atomic E-state index is -0.431. The molecule has 0 bridgehead atoms. The smallest absolute Gasteiger partial charge is 0.308 e. The lowest BCUT2D eigenvalue weighted by Crippen LogP contribution is -2.19. The first-order valence-corrected chi connectivity index (χ1v) is 6.64. The molecule has 0 atom stereocenters. The number of hydrogen-bond acceptors (Lipinski definition) is 3. The molecule has 0 saturated heterocycles. The van der Waals surface area contributed by atoms with E-state index in [1.165, 1.54) is 6.92 Å². The molecule has 0 aliphatic heterocycles. The van der Waals surface area contributed by atoms with Crippen molar-refractivity contribution in [3.63, 3.8) is 0 Å². The zero-order chi connectivity index (χ0) is 15.4. The van der Waals surface area contributed by atoms with E-state index in [9.17, 15) is 9.59 Å². The van der Waals surface area contributed by atoms with E-state index in [1.54, 1.807) is 36.5 Å². The molecule has 5 nitrogen and oxygen atoms in total. The predicted molar refractivity (Wildman–Crippen MR) is 83.1 cm³/mol. The summed E-state index contributed by atoms with van der Waals surface area (Å²) < 4.78 is 0. The van der Waals surface area contributed by atoms with Gasteiger partial charge in [-0.1, -0.05) is 11.6 Å². The van der Waals surface area contributed by atoms with Crippen LogP contribution in [0, 0.1) is 6.92 Å². The molecule has 6 heteroatoms. The van der Waals surface area contributed by atoms with E-state index in [0.717, 1.165) is 5.56 Å². The third-order valence-electron chi connectivity index (χ3n) is 2.77. The quantitative estimate of drug-likeness (QED) is 0.667. The predicted octanol–water partition coefficient (Wildman–Crippen LogP) is 3.89. The van der Waals surface area contributed by atoms with Crippen molar-refractivity contribution in [3.05, 3.63) is 52.8 Å². The Hall–Kier alpha value is -2.40. The van der Waals surface area contributed by atoms with Crippen LogP contribution in [0.2, 0.25) is 5.15 Å². The number of anilines is 2. The summed E-state index contributed by atoms with van der Waals surface area (Å²) in [5.41, 5.74) is 2.50. The summed E-state index contributed by atoms with van der Waals surface area (Å²) in [5.74, 6) is -0.0244. The highest BCUT2D eigenvalue weighted by Crippen LogP contribution is 2.20. The van der Waals surface area contributed by atoms with Crippen LogP contribution in [0.15, 0.2) is 36.5 Å². The van der Waals surface area contributed by atoms with Crippen molar-refractivity contribution in [2.24, 2.45) is 0 Å². The topological polar surface area (TPSA) is 71.1 Å². The molecule has 0 radical (unpaired) electrons. The fraction of sp³-hybridized carbons (Fsp3) is 0.133. The number of nitrogens with one attached hydrogen (secondary N) is 2. The van der Waals surface area contributed by atoms with Gasteiger partial charge < -0.3 is 10.6 Å². The SMILES string of the molecule is CC(=O)c1ccc(NC(=O)Nc2cc(C)cnc2Cl)cc1. The van der Waals surface area contributed by atoms with Crippen LogP contribution >= 0.6 is 11.6 Å². The van der Waals surface area contributed by atoms with Crippen molar-refractivity contribution >= 4 is 34.8 Å². The molecule has 1 heterocycles. The summed E-state index contributed by atoms with van der Waals surface area (Å²) >= 11 is 5.91. The van der Waals surface area contributed by atoms with Crippen molar-refractivity contribution in [2.45, 2.75) is 13.8 Å². The Morgan fingerprint density at radius 2 is 1.81 bits per heavy atom. The van der Waals surface area contributed by atoms with E-state index in [0.29, 0.717) is 16.9 Å². The zero-order valence-electron chi connectivity index (χ0n) is 11.6. The lowest BCUT2D eigenvalue weighted by Gasteiger charge is -2.09. The Morgan fingerprint density at radius 3 is 2.43 bits per heavy atom. The van der Waals surface area contributed by atoms with Gasteiger partial charge in [-0.05, 0) is 49.7 Å². The Labute approximate surface area is 127 Å². The average Bonchev–Trinajstić information content (AvgIpc) is 2.43. The minimum Gasteiger partial charge on any atom is -0.308 e. The largest absolute Gasteiger partial charge is 0.323 e. The van der Waals surface area contributed by atoms with Gasteiger partial charge in [0.25, 0.3) is 0 Å². The second-order valence-corrected chi connectivity index (χ2v) is 4.92. The van der Waals surface area contributed by atoms with Crippen LogP contribution < -0.4 is 10.6 Å². The first-order valence-electron chi connectivity index (χ1n) is 6.27. The molecule has 108 valence electrons. The van der Waals surface area contributed by atoms with E-state index in [-0.39, 0.29) is 10.9 Å². The minimum absolute atomic E-state index is 0.0244. The summed E-state index contributed by atoms with van der Waals surface area (Å²) in [7, 11) is 0. The number of hydrogen-bond donors (Lipinski definition) is 2. The first kappa shape index (κ1) is 15.0. The number of amides is 2. The van der Waals surface area contributed by atoms with E-state index in [1.807, 2.05) is 6.92 Å². The molecule has 2 N–H and O–H groups in total. The van der Waals surface area contributed by atoms with Crippen LogP contribution in [0.5, 0.6) is 0 Å². The molecule has 0 aliphatic rings. The maximum atomic E-state index is 11.9. The van der Waals surface area contributed by atoms with Gasteiger partial charge in [-0.25, -0.2) is 9.78 Å². The van der Waals surface area contributed by atoms with E-state index < -0.39 is 6.03 Å². The summed E-state index contributed by atoms with van der Waals surface area (Å²) in [6.45, 7) is 3.34. The van der Waals surface area contributed by atoms with Crippen molar-refractivity contribution < 1.29 is 9.59 Å². The maximum Gasteiger partial charge on any atom is 0.323 e. The number of pyridine rings is 1. The molecular weight excluding hydrogens is 290 g/mol. The Balaban J connectivity index is 2.04. The Kier molecular flexibility index (Phi) is 4.55. The molecule has 2 aromatic rings. The molecule has 0 fully saturated rings. The fourth-order valence-corrected chi connectivity index (χ4v) is 1.86. The number of ketones is 1. The van der Waals surface area contributed by atoms with Crippen LogP contribution in [0.3, 0.4) is 0 Å². The number of Topliss-reactive ketones (excluding diaryl/α,β-unsaturated/α-hetero) is 1. The lowest BCUT2D eigenvalue weighted by atomic mass is 10.1. The molecule has 0 spiro atoms. The van der Waals surface area contributed by atoms with E-state index >= 15 is 0 Å². The highest BCUT2D eigenvalue weighted by atomic mass is 35.5. The van der Waals surface area contributed by atoms with Gasteiger partial charge >= 0.3 is 6.03 Å². The molecule has 2 amide bonds. The van der Waals surface area contributed by atoms with Crippen LogP contribution in [0.25, 0.3) is 0 Å². The number of urea groups is 1. The molecule has 2 rings (SSSR count). The first-order chi connectivity index (χ1) is 9.95. The normalized spacial score (nSPS) is 10.0. The third-order valence-corrected chi connectivity index (χ3v) is 3.07. The highest BCUT2D eigenvalue weighted by molar-refractivity contribution is 6.32. The molecule has 1 aromatic heterocycles. The average molecular weight is 304 g/mol. The van der Waals surface area contributed by atoms with Gasteiger partial charge in [-0.15, -0.1) is 0 Å². The van der Waals surface area contributed by atoms with E-state index in [4.69, 9.17) is 11.6 Å². The zero-order valence-corrected chi connectivity index (χ0v) is 12.4. The molecular formula is C15H14ClN3O2. The lowest BCUT2D eigenvalue weighted by molar-refractivity contribution is 0.101. The van der Waals surface area contributed by atoms with Crippen molar-refractivity contribution in [2.75, 3.05) is 10.6 Å². The van der Waals surface area contributed by atoms with Gasteiger partial charge in [-0.3, -0.25) is 4.79 Å². The Bertz CT molecular complexity index is 684. The van der Waals surface area contributed by atoms with Gasteiger partial charge in [0.15, 0.2) is 10.9 Å². The summed E-state index contributed by atoms with van der Waals surface area (Å²) in [4.78, 5) is 27.0. The number of benzene rings is 1. The monoisotopic (exact) mass is 303 g/mol. The summed E-state index contributed by atoms with van der Waals surface area (Å²) in [5, 5.41) is 5.51. The number of rotatable bonds is 3. The van der Waals surface area contributed by atoms with Crippen LogP contribution in [0.1, 0.15) is 22.8 Å². The maximum absolute atomic E-state index is 11.9. The second-order valence-electron chi connectivity index (χ2n) is 4.56. The summed E-state index contributed by atoms with van der Waals surface area (Å²) in [6, 6.07) is 7.92. The van der Waals surface area contributed by atoms with Crippen LogP contribution in [-0.4, -0.2) is 16.8 Å². The third kappa shape index (κ3) is 4.03. The van der Waals surface area contributed by atoms with Crippen LogP contribution in [-0.2, 0) is 0 Å². The van der Waals surface area contributed by atoms with Crippen molar-refractivity contribution in [1.82, 2.24) is 4.98 Å². The molecule has 21 heavy (non-hydrogen) atoms.